The maximum absolute atomic E-state index is 13.7. The van der Waals surface area contributed by atoms with Crippen molar-refractivity contribution in [3.63, 3.8) is 0 Å². The van der Waals surface area contributed by atoms with Gasteiger partial charge in [0, 0.05) is 6.07 Å². The van der Waals surface area contributed by atoms with Crippen molar-refractivity contribution in [1.29, 1.82) is 0 Å². The number of nitrogens with zero attached hydrogens (tertiary/aromatic N) is 1. The lowest BCUT2D eigenvalue weighted by molar-refractivity contribution is 0.355. The molecule has 0 amide bonds. The van der Waals surface area contributed by atoms with Crippen LogP contribution in [0.15, 0.2) is 71.6 Å². The minimum Gasteiger partial charge on any atom is -0.493 e. The van der Waals surface area contributed by atoms with Crippen LogP contribution in [0.25, 0.3) is 0 Å². The van der Waals surface area contributed by atoms with Crippen LogP contribution in [0.5, 0.6) is 11.5 Å². The molecule has 0 aliphatic heterocycles. The molecule has 5 nitrogen and oxygen atoms in total. The third-order valence-electron chi connectivity index (χ3n) is 4.98. The number of hydrogen-bond donors (Lipinski definition) is 0. The van der Waals surface area contributed by atoms with E-state index in [1.54, 1.807) is 18.2 Å². The van der Waals surface area contributed by atoms with Crippen LogP contribution >= 0.6 is 0 Å². The SMILES string of the molecule is COc1ccc(N([C@@H](C)c2ccccc2C)S(=O)(=O)c2ccc(F)cc2)cc1OC. The normalized spacial score (nSPS) is 12.3. The molecule has 0 unspecified atom stereocenters. The van der Waals surface area contributed by atoms with E-state index in [0.29, 0.717) is 17.2 Å². The summed E-state index contributed by atoms with van der Waals surface area (Å²) < 4.78 is 52.7. The third-order valence-corrected chi connectivity index (χ3v) is 6.90. The van der Waals surface area contributed by atoms with Gasteiger partial charge in [0.25, 0.3) is 10.0 Å². The van der Waals surface area contributed by atoms with Gasteiger partial charge in [-0.05, 0) is 61.4 Å². The molecule has 3 rings (SSSR count). The predicted octanol–water partition coefficient (Wildman–Crippen LogP) is 5.11. The van der Waals surface area contributed by atoms with Gasteiger partial charge in [-0.25, -0.2) is 12.8 Å². The molecular weight excluding hydrogens is 405 g/mol. The number of methoxy groups -OCH3 is 2. The van der Waals surface area contributed by atoms with E-state index in [2.05, 4.69) is 0 Å². The van der Waals surface area contributed by atoms with Gasteiger partial charge in [-0.15, -0.1) is 0 Å². The van der Waals surface area contributed by atoms with E-state index in [9.17, 15) is 12.8 Å². The average Bonchev–Trinajstić information content (AvgIpc) is 2.74. The van der Waals surface area contributed by atoms with Gasteiger partial charge in [0.15, 0.2) is 11.5 Å². The number of aryl methyl sites for hydroxylation is 1. The molecule has 0 aromatic heterocycles. The van der Waals surface area contributed by atoms with E-state index >= 15 is 0 Å². The molecule has 3 aromatic carbocycles. The standard InChI is InChI=1S/C23H24FNO4S/c1-16-7-5-6-8-21(16)17(2)25(19-11-14-22(28-3)23(15-19)29-4)30(26,27)20-12-9-18(24)10-13-20/h5-15,17H,1-4H3/t17-/m0/s1. The minimum absolute atomic E-state index is 0.000816. The maximum Gasteiger partial charge on any atom is 0.264 e. The highest BCUT2D eigenvalue weighted by atomic mass is 32.2. The smallest absolute Gasteiger partial charge is 0.264 e. The number of halogens is 1. The number of ether oxygens (including phenoxy) is 2. The van der Waals surface area contributed by atoms with Crippen molar-refractivity contribution < 1.29 is 22.3 Å². The zero-order valence-electron chi connectivity index (χ0n) is 17.3. The molecule has 0 aliphatic rings. The van der Waals surface area contributed by atoms with Crippen molar-refractivity contribution in [2.75, 3.05) is 18.5 Å². The van der Waals surface area contributed by atoms with E-state index in [-0.39, 0.29) is 4.90 Å². The largest absolute Gasteiger partial charge is 0.493 e. The number of benzene rings is 3. The molecule has 0 aliphatic carbocycles. The summed E-state index contributed by atoms with van der Waals surface area (Å²) in [6.45, 7) is 3.75. The molecule has 0 heterocycles. The van der Waals surface area contributed by atoms with Crippen LogP contribution in [-0.2, 0) is 10.0 Å². The van der Waals surface area contributed by atoms with Crippen molar-refractivity contribution in [2.24, 2.45) is 0 Å². The van der Waals surface area contributed by atoms with Crippen molar-refractivity contribution in [1.82, 2.24) is 0 Å². The highest BCUT2D eigenvalue weighted by Crippen LogP contribution is 2.38. The van der Waals surface area contributed by atoms with Gasteiger partial charge in [-0.1, -0.05) is 24.3 Å². The topological polar surface area (TPSA) is 55.8 Å². The Morgan fingerprint density at radius 1 is 0.900 bits per heavy atom. The summed E-state index contributed by atoms with van der Waals surface area (Å²) in [7, 11) is -1.00. The summed E-state index contributed by atoms with van der Waals surface area (Å²) in [5.74, 6) is 0.397. The first-order valence-electron chi connectivity index (χ1n) is 9.37. The van der Waals surface area contributed by atoms with Crippen LogP contribution in [0.1, 0.15) is 24.1 Å². The molecule has 0 radical (unpaired) electrons. The summed E-state index contributed by atoms with van der Waals surface area (Å²) in [5.41, 5.74) is 2.23. The van der Waals surface area contributed by atoms with E-state index in [0.717, 1.165) is 23.3 Å². The molecule has 0 saturated heterocycles. The monoisotopic (exact) mass is 429 g/mol. The lowest BCUT2D eigenvalue weighted by Crippen LogP contribution is -2.34. The third kappa shape index (κ3) is 4.11. The summed E-state index contributed by atoms with van der Waals surface area (Å²) in [6.07, 6.45) is 0. The van der Waals surface area contributed by atoms with Crippen LogP contribution in [0, 0.1) is 12.7 Å². The Balaban J connectivity index is 2.21. The van der Waals surface area contributed by atoms with E-state index in [1.807, 2.05) is 38.1 Å². The average molecular weight is 430 g/mol. The second-order valence-electron chi connectivity index (χ2n) is 6.83. The Morgan fingerprint density at radius 3 is 2.13 bits per heavy atom. The zero-order valence-corrected chi connectivity index (χ0v) is 18.1. The van der Waals surface area contributed by atoms with Gasteiger partial charge in [0.2, 0.25) is 0 Å². The van der Waals surface area contributed by atoms with Gasteiger partial charge in [0.05, 0.1) is 30.8 Å². The van der Waals surface area contributed by atoms with Gasteiger partial charge < -0.3 is 9.47 Å². The lowest BCUT2D eigenvalue weighted by Gasteiger charge is -2.32. The first-order valence-corrected chi connectivity index (χ1v) is 10.8. The summed E-state index contributed by atoms with van der Waals surface area (Å²) in [6, 6.07) is 16.8. The number of rotatable bonds is 7. The second kappa shape index (κ2) is 8.75. The zero-order chi connectivity index (χ0) is 21.9. The molecular formula is C23H24FNO4S. The van der Waals surface area contributed by atoms with Gasteiger partial charge in [-0.3, -0.25) is 4.31 Å². The fourth-order valence-corrected chi connectivity index (χ4v) is 5.06. The van der Waals surface area contributed by atoms with Gasteiger partial charge in [-0.2, -0.15) is 0 Å². The fourth-order valence-electron chi connectivity index (χ4n) is 3.43. The van der Waals surface area contributed by atoms with Gasteiger partial charge in [0.1, 0.15) is 5.82 Å². The summed E-state index contributed by atoms with van der Waals surface area (Å²) in [5, 5.41) is 0. The highest BCUT2D eigenvalue weighted by molar-refractivity contribution is 7.92. The summed E-state index contributed by atoms with van der Waals surface area (Å²) in [4.78, 5) is -0.000816. The summed E-state index contributed by atoms with van der Waals surface area (Å²) >= 11 is 0. The Bertz CT molecular complexity index is 1130. The van der Waals surface area contributed by atoms with Crippen molar-refractivity contribution in [2.45, 2.75) is 24.8 Å². The van der Waals surface area contributed by atoms with Crippen molar-refractivity contribution >= 4 is 15.7 Å². The van der Waals surface area contributed by atoms with Crippen LogP contribution in [0.4, 0.5) is 10.1 Å². The predicted molar refractivity (Wildman–Crippen MR) is 115 cm³/mol. The molecule has 0 fully saturated rings. The van der Waals surface area contributed by atoms with Crippen molar-refractivity contribution in [3.8, 4) is 11.5 Å². The Hall–Kier alpha value is -3.06. The minimum atomic E-state index is -4.01. The first kappa shape index (κ1) is 21.6. The second-order valence-corrected chi connectivity index (χ2v) is 8.64. The maximum atomic E-state index is 13.7. The number of anilines is 1. The van der Waals surface area contributed by atoms with Crippen LogP contribution in [0.3, 0.4) is 0 Å². The molecule has 30 heavy (non-hydrogen) atoms. The van der Waals surface area contributed by atoms with Crippen LogP contribution < -0.4 is 13.8 Å². The van der Waals surface area contributed by atoms with Gasteiger partial charge >= 0.3 is 0 Å². The molecule has 0 N–H and O–H groups in total. The molecule has 0 spiro atoms. The molecule has 0 saturated carbocycles. The molecule has 0 bridgehead atoms. The van der Waals surface area contributed by atoms with E-state index in [1.165, 1.54) is 30.7 Å². The Kier molecular flexibility index (Phi) is 6.31. The molecule has 3 aromatic rings. The molecule has 7 heteroatoms. The van der Waals surface area contributed by atoms with E-state index in [4.69, 9.17) is 9.47 Å². The number of hydrogen-bond acceptors (Lipinski definition) is 4. The molecule has 158 valence electrons. The number of sulfonamides is 1. The van der Waals surface area contributed by atoms with Crippen LogP contribution in [0.2, 0.25) is 0 Å². The fraction of sp³-hybridized carbons (Fsp3) is 0.217. The quantitative estimate of drug-likeness (QED) is 0.524. The highest BCUT2D eigenvalue weighted by Gasteiger charge is 2.31. The Labute approximate surface area is 176 Å². The lowest BCUT2D eigenvalue weighted by atomic mass is 10.0. The van der Waals surface area contributed by atoms with Crippen molar-refractivity contribution in [3.05, 3.63) is 83.7 Å². The Morgan fingerprint density at radius 2 is 1.53 bits per heavy atom. The first-order chi connectivity index (χ1) is 14.3. The van der Waals surface area contributed by atoms with Crippen LogP contribution in [-0.4, -0.2) is 22.6 Å². The van der Waals surface area contributed by atoms with E-state index < -0.39 is 21.9 Å². The molecule has 1 atom stereocenters.